The molecule has 0 bridgehead atoms. The van der Waals surface area contributed by atoms with Crippen molar-refractivity contribution >= 4 is 18.3 Å². The fourth-order valence-corrected chi connectivity index (χ4v) is 2.49. The third kappa shape index (κ3) is 4.69. The number of benzene rings is 1. The van der Waals surface area contributed by atoms with Gasteiger partial charge in [-0.05, 0) is 31.4 Å². The van der Waals surface area contributed by atoms with E-state index < -0.39 is 0 Å². The molecular weight excluding hydrogens is 276 g/mol. The monoisotopic (exact) mass is 298 g/mol. The molecule has 1 aliphatic heterocycles. The van der Waals surface area contributed by atoms with Crippen LogP contribution in [0.5, 0.6) is 5.75 Å². The molecule has 112 valence electrons. The predicted octanol–water partition coefficient (Wildman–Crippen LogP) is 2.22. The number of nitrogens with two attached hydrogens (primary N) is 1. The Morgan fingerprint density at radius 1 is 1.30 bits per heavy atom. The van der Waals surface area contributed by atoms with E-state index in [1.54, 1.807) is 0 Å². The number of rotatable bonds is 5. The summed E-state index contributed by atoms with van der Waals surface area (Å²) in [6.45, 7) is 1.83. The molecule has 1 aromatic rings. The Morgan fingerprint density at radius 3 is 2.75 bits per heavy atom. The number of likely N-dealkylation sites (tertiary alicyclic amines) is 1. The summed E-state index contributed by atoms with van der Waals surface area (Å²) in [4.78, 5) is 14.1. The average Bonchev–Trinajstić information content (AvgIpc) is 2.48. The van der Waals surface area contributed by atoms with Gasteiger partial charge in [0.2, 0.25) is 5.91 Å². The lowest BCUT2D eigenvalue weighted by Crippen LogP contribution is -2.47. The highest BCUT2D eigenvalue weighted by molar-refractivity contribution is 5.85. The first-order valence-electron chi connectivity index (χ1n) is 6.98. The number of hydrogen-bond donors (Lipinski definition) is 1. The van der Waals surface area contributed by atoms with Crippen molar-refractivity contribution in [2.24, 2.45) is 5.73 Å². The molecule has 1 aliphatic rings. The largest absolute Gasteiger partial charge is 0.493 e. The van der Waals surface area contributed by atoms with Crippen molar-refractivity contribution in [2.75, 3.05) is 19.7 Å². The van der Waals surface area contributed by atoms with E-state index >= 15 is 0 Å². The van der Waals surface area contributed by atoms with Crippen LogP contribution in [0.4, 0.5) is 0 Å². The number of ether oxygens (including phenoxy) is 1. The molecule has 1 atom stereocenters. The van der Waals surface area contributed by atoms with Crippen LogP contribution in [0, 0.1) is 0 Å². The molecule has 2 rings (SSSR count). The van der Waals surface area contributed by atoms with E-state index in [9.17, 15) is 4.79 Å². The maximum Gasteiger partial charge on any atom is 0.226 e. The second-order valence-electron chi connectivity index (χ2n) is 4.88. The number of hydrogen-bond acceptors (Lipinski definition) is 3. The third-order valence-electron chi connectivity index (χ3n) is 3.55. The third-order valence-corrected chi connectivity index (χ3v) is 3.55. The minimum atomic E-state index is 0. The van der Waals surface area contributed by atoms with Gasteiger partial charge in [0.1, 0.15) is 5.75 Å². The molecule has 4 nitrogen and oxygen atoms in total. The van der Waals surface area contributed by atoms with Crippen molar-refractivity contribution < 1.29 is 9.53 Å². The number of nitrogens with zero attached hydrogens (tertiary/aromatic N) is 1. The minimum Gasteiger partial charge on any atom is -0.493 e. The van der Waals surface area contributed by atoms with E-state index in [2.05, 4.69) is 0 Å². The zero-order chi connectivity index (χ0) is 13.5. The Hall–Kier alpha value is -1.26. The lowest BCUT2D eigenvalue weighted by atomic mass is 10.0. The van der Waals surface area contributed by atoms with Gasteiger partial charge in [0.05, 0.1) is 13.0 Å². The summed E-state index contributed by atoms with van der Waals surface area (Å²) in [6.07, 6.45) is 3.71. The van der Waals surface area contributed by atoms with Crippen LogP contribution in [0.2, 0.25) is 0 Å². The van der Waals surface area contributed by atoms with Crippen molar-refractivity contribution in [3.8, 4) is 5.75 Å². The summed E-state index contributed by atoms with van der Waals surface area (Å²) in [5.74, 6) is 0.968. The van der Waals surface area contributed by atoms with Crippen molar-refractivity contribution in [1.82, 2.24) is 4.90 Å². The van der Waals surface area contributed by atoms with Gasteiger partial charge in [-0.2, -0.15) is 0 Å². The molecule has 1 unspecified atom stereocenters. The highest BCUT2D eigenvalue weighted by Crippen LogP contribution is 2.17. The molecule has 1 aromatic carbocycles. The van der Waals surface area contributed by atoms with Crippen LogP contribution < -0.4 is 10.5 Å². The van der Waals surface area contributed by atoms with Crippen molar-refractivity contribution in [3.05, 3.63) is 30.3 Å². The highest BCUT2D eigenvalue weighted by atomic mass is 35.5. The average molecular weight is 299 g/mol. The molecule has 1 saturated heterocycles. The normalized spacial score (nSPS) is 18.2. The van der Waals surface area contributed by atoms with Crippen LogP contribution in [-0.4, -0.2) is 36.5 Å². The van der Waals surface area contributed by atoms with E-state index in [-0.39, 0.29) is 24.4 Å². The summed E-state index contributed by atoms with van der Waals surface area (Å²) in [6, 6.07) is 9.80. The molecule has 0 radical (unpaired) electrons. The van der Waals surface area contributed by atoms with Gasteiger partial charge in [-0.15, -0.1) is 12.4 Å². The second-order valence-corrected chi connectivity index (χ2v) is 4.88. The van der Waals surface area contributed by atoms with Crippen LogP contribution in [0.15, 0.2) is 30.3 Å². The Bertz CT molecular complexity index is 400. The molecular formula is C15H23ClN2O2. The quantitative estimate of drug-likeness (QED) is 0.907. The first kappa shape index (κ1) is 16.8. The molecule has 1 amide bonds. The van der Waals surface area contributed by atoms with Crippen molar-refractivity contribution in [2.45, 2.75) is 31.7 Å². The van der Waals surface area contributed by atoms with Crippen molar-refractivity contribution in [3.63, 3.8) is 0 Å². The number of carbonyl (C=O) groups excluding carboxylic acids is 1. The topological polar surface area (TPSA) is 55.6 Å². The minimum absolute atomic E-state index is 0. The van der Waals surface area contributed by atoms with Gasteiger partial charge in [0.15, 0.2) is 0 Å². The zero-order valence-corrected chi connectivity index (χ0v) is 12.5. The lowest BCUT2D eigenvalue weighted by molar-refractivity contribution is -0.135. The van der Waals surface area contributed by atoms with Gasteiger partial charge in [0.25, 0.3) is 0 Å². The number of halogens is 1. The Labute approximate surface area is 126 Å². The molecule has 0 aliphatic carbocycles. The summed E-state index contributed by atoms with van der Waals surface area (Å²) >= 11 is 0. The van der Waals surface area contributed by atoms with Crippen LogP contribution in [0.25, 0.3) is 0 Å². The van der Waals surface area contributed by atoms with Crippen LogP contribution in [-0.2, 0) is 4.79 Å². The Kier molecular flexibility index (Phi) is 7.41. The van der Waals surface area contributed by atoms with E-state index in [0.29, 0.717) is 19.6 Å². The molecule has 0 saturated carbocycles. The molecule has 5 heteroatoms. The van der Waals surface area contributed by atoms with E-state index in [4.69, 9.17) is 10.5 Å². The van der Waals surface area contributed by atoms with E-state index in [0.717, 1.165) is 25.1 Å². The smallest absolute Gasteiger partial charge is 0.226 e. The first-order chi connectivity index (χ1) is 9.31. The SMILES string of the molecule is Cl.NCC1CCCCN1C(=O)CCOc1ccccc1. The Balaban J connectivity index is 0.00000200. The van der Waals surface area contributed by atoms with Gasteiger partial charge in [-0.1, -0.05) is 18.2 Å². The zero-order valence-electron chi connectivity index (χ0n) is 11.7. The number of para-hydroxylation sites is 1. The highest BCUT2D eigenvalue weighted by Gasteiger charge is 2.24. The molecule has 2 N–H and O–H groups in total. The van der Waals surface area contributed by atoms with Gasteiger partial charge in [-0.3, -0.25) is 4.79 Å². The maximum atomic E-state index is 12.1. The van der Waals surface area contributed by atoms with Crippen LogP contribution >= 0.6 is 12.4 Å². The molecule has 0 aromatic heterocycles. The molecule has 20 heavy (non-hydrogen) atoms. The van der Waals surface area contributed by atoms with Crippen molar-refractivity contribution in [1.29, 1.82) is 0 Å². The van der Waals surface area contributed by atoms with Gasteiger partial charge < -0.3 is 15.4 Å². The summed E-state index contributed by atoms with van der Waals surface area (Å²) in [5.41, 5.74) is 5.73. The second kappa shape index (κ2) is 8.82. The molecule has 1 fully saturated rings. The van der Waals surface area contributed by atoms with Crippen LogP contribution in [0.3, 0.4) is 0 Å². The summed E-state index contributed by atoms with van der Waals surface area (Å²) in [5, 5.41) is 0. The molecule has 0 spiro atoms. The Morgan fingerprint density at radius 2 is 2.05 bits per heavy atom. The van der Waals surface area contributed by atoms with Gasteiger partial charge in [0, 0.05) is 19.1 Å². The fourth-order valence-electron chi connectivity index (χ4n) is 2.49. The number of carbonyl (C=O) groups is 1. The standard InChI is InChI=1S/C15H22N2O2.ClH/c16-12-13-6-4-5-10-17(13)15(18)9-11-19-14-7-2-1-3-8-14;/h1-3,7-8,13H,4-6,9-12,16H2;1H. The van der Waals surface area contributed by atoms with E-state index in [1.165, 1.54) is 6.42 Å². The number of amides is 1. The fraction of sp³-hybridized carbons (Fsp3) is 0.533. The summed E-state index contributed by atoms with van der Waals surface area (Å²) < 4.78 is 5.56. The van der Waals surface area contributed by atoms with Gasteiger partial charge >= 0.3 is 0 Å². The van der Waals surface area contributed by atoms with Crippen LogP contribution in [0.1, 0.15) is 25.7 Å². The van der Waals surface area contributed by atoms with E-state index in [1.807, 2.05) is 35.2 Å². The predicted molar refractivity (Wildman–Crippen MR) is 82.2 cm³/mol. The number of piperidine rings is 1. The van der Waals surface area contributed by atoms with Gasteiger partial charge in [-0.25, -0.2) is 0 Å². The lowest BCUT2D eigenvalue weighted by Gasteiger charge is -2.35. The first-order valence-corrected chi connectivity index (χ1v) is 6.98. The maximum absolute atomic E-state index is 12.1. The molecule has 1 heterocycles. The summed E-state index contributed by atoms with van der Waals surface area (Å²) in [7, 11) is 0.